The SMILES string of the molecule is CCOc1cc(/C=N\NC(=O)C(=O)Nc2ccccc2CC)cc(Br)c1OCC(=O)Nc1ccc(CC)cc1. The summed E-state index contributed by atoms with van der Waals surface area (Å²) >= 11 is 3.45. The molecule has 3 N–H and O–H groups in total. The molecule has 0 aliphatic heterocycles. The van der Waals surface area contributed by atoms with Gasteiger partial charge in [-0.05, 0) is 82.7 Å². The predicted molar refractivity (Wildman–Crippen MR) is 155 cm³/mol. The van der Waals surface area contributed by atoms with E-state index >= 15 is 0 Å². The molecule has 0 radical (unpaired) electrons. The molecule has 204 valence electrons. The van der Waals surface area contributed by atoms with Crippen molar-refractivity contribution in [3.05, 3.63) is 81.8 Å². The molecular formula is C29H31BrN4O5. The highest BCUT2D eigenvalue weighted by molar-refractivity contribution is 9.10. The summed E-state index contributed by atoms with van der Waals surface area (Å²) in [7, 11) is 0. The van der Waals surface area contributed by atoms with E-state index in [1.165, 1.54) is 11.8 Å². The maximum atomic E-state index is 12.4. The van der Waals surface area contributed by atoms with E-state index < -0.39 is 11.8 Å². The number of nitrogens with one attached hydrogen (secondary N) is 3. The third-order valence-electron chi connectivity index (χ3n) is 5.56. The van der Waals surface area contributed by atoms with Crippen LogP contribution in [0.4, 0.5) is 11.4 Å². The Morgan fingerprint density at radius 2 is 1.64 bits per heavy atom. The summed E-state index contributed by atoms with van der Waals surface area (Å²) in [5.74, 6) is -1.32. The monoisotopic (exact) mass is 594 g/mol. The highest BCUT2D eigenvalue weighted by atomic mass is 79.9. The molecule has 0 heterocycles. The van der Waals surface area contributed by atoms with Crippen molar-refractivity contribution in [1.82, 2.24) is 5.43 Å². The molecule has 10 heteroatoms. The number of halogens is 1. The number of anilines is 2. The van der Waals surface area contributed by atoms with Crippen LogP contribution in [0.25, 0.3) is 0 Å². The lowest BCUT2D eigenvalue weighted by molar-refractivity contribution is -0.136. The lowest BCUT2D eigenvalue weighted by Crippen LogP contribution is -2.32. The number of hydrazone groups is 1. The second-order valence-corrected chi connectivity index (χ2v) is 9.17. The van der Waals surface area contributed by atoms with Crippen molar-refractivity contribution in [1.29, 1.82) is 0 Å². The number of carbonyl (C=O) groups excluding carboxylic acids is 3. The van der Waals surface area contributed by atoms with E-state index in [0.29, 0.717) is 45.9 Å². The molecule has 0 bridgehead atoms. The average Bonchev–Trinajstić information content (AvgIpc) is 2.93. The molecule has 0 unspecified atom stereocenters. The van der Waals surface area contributed by atoms with Gasteiger partial charge in [0.2, 0.25) is 0 Å². The highest BCUT2D eigenvalue weighted by Gasteiger charge is 2.16. The molecule has 0 spiro atoms. The molecule has 0 saturated carbocycles. The lowest BCUT2D eigenvalue weighted by atomic mass is 10.1. The van der Waals surface area contributed by atoms with Crippen LogP contribution in [0.1, 0.15) is 37.5 Å². The van der Waals surface area contributed by atoms with Crippen LogP contribution >= 0.6 is 15.9 Å². The van der Waals surface area contributed by atoms with Crippen molar-refractivity contribution < 1.29 is 23.9 Å². The minimum atomic E-state index is -0.906. The smallest absolute Gasteiger partial charge is 0.329 e. The number of nitrogens with zero attached hydrogens (tertiary/aromatic N) is 1. The zero-order chi connectivity index (χ0) is 28.2. The van der Waals surface area contributed by atoms with Crippen molar-refractivity contribution in [2.24, 2.45) is 5.10 Å². The molecule has 3 rings (SSSR count). The summed E-state index contributed by atoms with van der Waals surface area (Å²) < 4.78 is 12.0. The van der Waals surface area contributed by atoms with Crippen LogP contribution in [-0.4, -0.2) is 37.1 Å². The Bertz CT molecular complexity index is 1340. The standard InChI is InChI=1S/C29H31BrN4O5/c1-4-19-11-13-22(14-12-19)32-26(35)18-39-27-23(30)15-20(16-25(27)38-6-3)17-31-34-29(37)28(36)33-24-10-8-7-9-21(24)5-2/h7-17H,4-6,18H2,1-3H3,(H,32,35)(H,33,36)(H,34,37)/b31-17-. The van der Waals surface area contributed by atoms with Gasteiger partial charge in [-0.25, -0.2) is 5.43 Å². The lowest BCUT2D eigenvalue weighted by Gasteiger charge is -2.14. The number of para-hydroxylation sites is 1. The summed E-state index contributed by atoms with van der Waals surface area (Å²) in [5, 5.41) is 9.28. The van der Waals surface area contributed by atoms with Gasteiger partial charge in [0.1, 0.15) is 0 Å². The number of aryl methyl sites for hydroxylation is 2. The first-order chi connectivity index (χ1) is 18.8. The topological polar surface area (TPSA) is 118 Å². The van der Waals surface area contributed by atoms with Gasteiger partial charge in [0.05, 0.1) is 17.3 Å². The quantitative estimate of drug-likeness (QED) is 0.162. The number of hydrogen-bond donors (Lipinski definition) is 3. The van der Waals surface area contributed by atoms with Crippen LogP contribution in [-0.2, 0) is 27.2 Å². The Balaban J connectivity index is 1.61. The molecule has 9 nitrogen and oxygen atoms in total. The van der Waals surface area contributed by atoms with Gasteiger partial charge in [-0.1, -0.05) is 44.2 Å². The van der Waals surface area contributed by atoms with Crippen LogP contribution in [0.3, 0.4) is 0 Å². The van der Waals surface area contributed by atoms with Gasteiger partial charge in [0.15, 0.2) is 18.1 Å². The van der Waals surface area contributed by atoms with E-state index in [1.807, 2.05) is 50.2 Å². The zero-order valence-electron chi connectivity index (χ0n) is 22.0. The molecule has 3 aromatic rings. The van der Waals surface area contributed by atoms with Crippen LogP contribution < -0.4 is 25.5 Å². The summed E-state index contributed by atoms with van der Waals surface area (Å²) in [6, 6.07) is 18.2. The predicted octanol–water partition coefficient (Wildman–Crippen LogP) is 5.08. The molecular weight excluding hydrogens is 564 g/mol. The number of rotatable bonds is 11. The van der Waals surface area contributed by atoms with Gasteiger partial charge in [0, 0.05) is 11.4 Å². The van der Waals surface area contributed by atoms with E-state index in [-0.39, 0.29) is 12.5 Å². The number of benzene rings is 3. The van der Waals surface area contributed by atoms with Gasteiger partial charge in [-0.15, -0.1) is 0 Å². The molecule has 3 aromatic carbocycles. The average molecular weight is 595 g/mol. The fourth-order valence-corrected chi connectivity index (χ4v) is 4.14. The maximum absolute atomic E-state index is 12.4. The molecule has 0 atom stereocenters. The fraction of sp³-hybridized carbons (Fsp3) is 0.241. The van der Waals surface area contributed by atoms with Gasteiger partial charge in [0.25, 0.3) is 5.91 Å². The number of carbonyl (C=O) groups is 3. The maximum Gasteiger partial charge on any atom is 0.329 e. The minimum Gasteiger partial charge on any atom is -0.490 e. The number of hydrogen-bond acceptors (Lipinski definition) is 6. The molecule has 0 saturated heterocycles. The third kappa shape index (κ3) is 8.68. The summed E-state index contributed by atoms with van der Waals surface area (Å²) in [4.78, 5) is 36.9. The van der Waals surface area contributed by atoms with Gasteiger partial charge >= 0.3 is 11.8 Å². The van der Waals surface area contributed by atoms with Crippen LogP contribution in [0.15, 0.2) is 70.2 Å². The van der Waals surface area contributed by atoms with Crippen molar-refractivity contribution in [3.8, 4) is 11.5 Å². The first-order valence-corrected chi connectivity index (χ1v) is 13.3. The highest BCUT2D eigenvalue weighted by Crippen LogP contribution is 2.36. The molecule has 3 amide bonds. The van der Waals surface area contributed by atoms with E-state index in [9.17, 15) is 14.4 Å². The Morgan fingerprint density at radius 1 is 0.897 bits per heavy atom. The van der Waals surface area contributed by atoms with Crippen LogP contribution in [0.2, 0.25) is 0 Å². The number of ether oxygens (including phenoxy) is 2. The first-order valence-electron chi connectivity index (χ1n) is 12.5. The summed E-state index contributed by atoms with van der Waals surface area (Å²) in [6.45, 7) is 5.97. The Morgan fingerprint density at radius 3 is 2.33 bits per heavy atom. The largest absolute Gasteiger partial charge is 0.490 e. The van der Waals surface area contributed by atoms with Crippen molar-refractivity contribution >= 4 is 51.2 Å². The van der Waals surface area contributed by atoms with Gasteiger partial charge in [-0.3, -0.25) is 14.4 Å². The van der Waals surface area contributed by atoms with Gasteiger partial charge < -0.3 is 20.1 Å². The van der Waals surface area contributed by atoms with Gasteiger partial charge in [-0.2, -0.15) is 5.10 Å². The van der Waals surface area contributed by atoms with E-state index in [0.717, 1.165) is 12.0 Å². The normalized spacial score (nSPS) is 10.7. The molecule has 0 aromatic heterocycles. The van der Waals surface area contributed by atoms with E-state index in [2.05, 4.69) is 44.0 Å². The first kappa shape index (κ1) is 29.4. The van der Waals surface area contributed by atoms with E-state index in [1.54, 1.807) is 24.3 Å². The Labute approximate surface area is 236 Å². The Hall–Kier alpha value is -4.18. The third-order valence-corrected chi connectivity index (χ3v) is 6.15. The molecule has 0 fully saturated rings. The van der Waals surface area contributed by atoms with Crippen molar-refractivity contribution in [3.63, 3.8) is 0 Å². The second-order valence-electron chi connectivity index (χ2n) is 8.31. The van der Waals surface area contributed by atoms with Crippen LogP contribution in [0, 0.1) is 0 Å². The zero-order valence-corrected chi connectivity index (χ0v) is 23.6. The van der Waals surface area contributed by atoms with E-state index in [4.69, 9.17) is 9.47 Å². The summed E-state index contributed by atoms with van der Waals surface area (Å²) in [6.07, 6.45) is 3.00. The molecule has 0 aliphatic carbocycles. The minimum absolute atomic E-state index is 0.228. The molecule has 0 aliphatic rings. The van der Waals surface area contributed by atoms with Crippen molar-refractivity contribution in [2.75, 3.05) is 23.8 Å². The fourth-order valence-electron chi connectivity index (χ4n) is 3.57. The number of amides is 3. The summed E-state index contributed by atoms with van der Waals surface area (Å²) in [5.41, 5.74) is 6.14. The second kappa shape index (κ2) is 14.7. The molecule has 39 heavy (non-hydrogen) atoms. The Kier molecular flexibility index (Phi) is 11.1. The van der Waals surface area contributed by atoms with Crippen LogP contribution in [0.5, 0.6) is 11.5 Å². The van der Waals surface area contributed by atoms with Crippen molar-refractivity contribution in [2.45, 2.75) is 33.6 Å².